The lowest BCUT2D eigenvalue weighted by Gasteiger charge is -2.23. The Morgan fingerprint density at radius 3 is 2.81 bits per heavy atom. The van der Waals surface area contributed by atoms with Crippen LogP contribution in [0.15, 0.2) is 24.3 Å². The van der Waals surface area contributed by atoms with E-state index in [1.807, 2.05) is 13.8 Å². The largest absolute Gasteiger partial charge is 0.393 e. The Morgan fingerprint density at radius 1 is 1.48 bits per heavy atom. The SMILES string of the molecule is CCN(CC(C)C(N)=S)C(=O)c1cc2ccc(F)cc2s1. The number of nitrogens with two attached hydrogens (primary N) is 1. The Morgan fingerprint density at radius 2 is 2.19 bits per heavy atom. The number of halogens is 1. The summed E-state index contributed by atoms with van der Waals surface area (Å²) in [6.45, 7) is 4.89. The van der Waals surface area contributed by atoms with Gasteiger partial charge < -0.3 is 10.6 Å². The first-order chi connectivity index (χ1) is 9.92. The zero-order valence-corrected chi connectivity index (χ0v) is 13.6. The van der Waals surface area contributed by atoms with Crippen molar-refractivity contribution >= 4 is 44.5 Å². The molecule has 0 bridgehead atoms. The Kier molecular flexibility index (Phi) is 4.90. The van der Waals surface area contributed by atoms with Gasteiger partial charge in [-0.1, -0.05) is 25.2 Å². The normalized spacial score (nSPS) is 12.3. The molecule has 1 heterocycles. The van der Waals surface area contributed by atoms with Crippen LogP contribution in [-0.4, -0.2) is 28.9 Å². The number of hydrogen-bond donors (Lipinski definition) is 1. The third-order valence-corrected chi connectivity index (χ3v) is 4.83. The maximum Gasteiger partial charge on any atom is 0.263 e. The summed E-state index contributed by atoms with van der Waals surface area (Å²) >= 11 is 6.26. The summed E-state index contributed by atoms with van der Waals surface area (Å²) in [5.41, 5.74) is 5.61. The quantitative estimate of drug-likeness (QED) is 0.857. The summed E-state index contributed by atoms with van der Waals surface area (Å²) in [5, 5.41) is 0.878. The smallest absolute Gasteiger partial charge is 0.263 e. The van der Waals surface area contributed by atoms with Crippen LogP contribution in [0.25, 0.3) is 10.1 Å². The van der Waals surface area contributed by atoms with Crippen molar-refractivity contribution in [3.05, 3.63) is 35.0 Å². The fourth-order valence-corrected chi connectivity index (χ4v) is 3.17. The van der Waals surface area contributed by atoms with Crippen molar-refractivity contribution in [2.24, 2.45) is 11.7 Å². The first-order valence-electron chi connectivity index (χ1n) is 6.70. The molecule has 21 heavy (non-hydrogen) atoms. The highest BCUT2D eigenvalue weighted by atomic mass is 32.1. The van der Waals surface area contributed by atoms with Gasteiger partial charge in [0.25, 0.3) is 5.91 Å². The van der Waals surface area contributed by atoms with E-state index in [0.717, 1.165) is 10.1 Å². The molecule has 0 aliphatic rings. The maximum atomic E-state index is 13.2. The van der Waals surface area contributed by atoms with E-state index in [-0.39, 0.29) is 17.6 Å². The number of thiophene rings is 1. The highest BCUT2D eigenvalue weighted by molar-refractivity contribution is 7.80. The molecule has 0 saturated carbocycles. The zero-order valence-electron chi connectivity index (χ0n) is 11.9. The van der Waals surface area contributed by atoms with E-state index < -0.39 is 0 Å². The molecule has 1 aromatic heterocycles. The average Bonchev–Trinajstić information content (AvgIpc) is 2.86. The summed E-state index contributed by atoms with van der Waals surface area (Å²) < 4.78 is 14.0. The number of thiocarbonyl (C=S) groups is 1. The predicted molar refractivity (Wildman–Crippen MR) is 89.3 cm³/mol. The fourth-order valence-electron chi connectivity index (χ4n) is 2.04. The molecule has 1 unspecified atom stereocenters. The number of nitrogens with zero attached hydrogens (tertiary/aromatic N) is 1. The van der Waals surface area contributed by atoms with E-state index in [9.17, 15) is 9.18 Å². The van der Waals surface area contributed by atoms with Gasteiger partial charge in [0.2, 0.25) is 0 Å². The lowest BCUT2D eigenvalue weighted by molar-refractivity contribution is 0.0760. The van der Waals surface area contributed by atoms with Crippen LogP contribution in [0.3, 0.4) is 0 Å². The van der Waals surface area contributed by atoms with Gasteiger partial charge in [0.05, 0.1) is 9.87 Å². The molecule has 6 heteroatoms. The van der Waals surface area contributed by atoms with Crippen LogP contribution in [-0.2, 0) is 0 Å². The zero-order chi connectivity index (χ0) is 15.6. The van der Waals surface area contributed by atoms with Gasteiger partial charge in [0, 0.05) is 23.7 Å². The summed E-state index contributed by atoms with van der Waals surface area (Å²) in [6, 6.07) is 6.34. The van der Waals surface area contributed by atoms with Crippen molar-refractivity contribution < 1.29 is 9.18 Å². The molecule has 0 fully saturated rings. The van der Waals surface area contributed by atoms with E-state index in [2.05, 4.69) is 0 Å². The first kappa shape index (κ1) is 15.9. The standard InChI is InChI=1S/C15H17FN2OS2/c1-3-18(8-9(2)14(17)20)15(19)13-6-10-4-5-11(16)7-12(10)21-13/h4-7,9H,3,8H2,1-2H3,(H2,17,20). The third-order valence-electron chi connectivity index (χ3n) is 3.34. The van der Waals surface area contributed by atoms with Gasteiger partial charge >= 0.3 is 0 Å². The van der Waals surface area contributed by atoms with Crippen LogP contribution in [0.2, 0.25) is 0 Å². The van der Waals surface area contributed by atoms with Crippen molar-refractivity contribution in [3.8, 4) is 0 Å². The summed E-state index contributed by atoms with van der Waals surface area (Å²) in [7, 11) is 0. The van der Waals surface area contributed by atoms with Gasteiger partial charge in [0.15, 0.2) is 0 Å². The molecule has 0 radical (unpaired) electrons. The molecule has 1 amide bonds. The van der Waals surface area contributed by atoms with E-state index in [0.29, 0.717) is 23.0 Å². The second-order valence-electron chi connectivity index (χ2n) is 4.94. The minimum absolute atomic E-state index is 0.0317. The topological polar surface area (TPSA) is 46.3 Å². The monoisotopic (exact) mass is 324 g/mol. The van der Waals surface area contributed by atoms with Crippen LogP contribution in [0.4, 0.5) is 4.39 Å². The molecule has 2 N–H and O–H groups in total. The minimum atomic E-state index is -0.294. The molecule has 0 saturated heterocycles. The van der Waals surface area contributed by atoms with Crippen molar-refractivity contribution in [1.82, 2.24) is 4.90 Å². The first-order valence-corrected chi connectivity index (χ1v) is 7.92. The maximum absolute atomic E-state index is 13.2. The Bertz CT molecular complexity index is 683. The van der Waals surface area contributed by atoms with Crippen LogP contribution in [0.5, 0.6) is 0 Å². The molecule has 1 aromatic carbocycles. The number of benzene rings is 1. The van der Waals surface area contributed by atoms with E-state index >= 15 is 0 Å². The van der Waals surface area contributed by atoms with Gasteiger partial charge in [0.1, 0.15) is 5.82 Å². The van der Waals surface area contributed by atoms with Gasteiger partial charge in [-0.25, -0.2) is 4.39 Å². The molecule has 2 rings (SSSR count). The third kappa shape index (κ3) is 3.57. The van der Waals surface area contributed by atoms with Crippen LogP contribution in [0, 0.1) is 11.7 Å². The van der Waals surface area contributed by atoms with E-state index in [4.69, 9.17) is 18.0 Å². The molecular weight excluding hydrogens is 307 g/mol. The second-order valence-corrected chi connectivity index (χ2v) is 6.50. The van der Waals surface area contributed by atoms with E-state index in [1.54, 1.807) is 17.0 Å². The highest BCUT2D eigenvalue weighted by Gasteiger charge is 2.20. The number of fused-ring (bicyclic) bond motifs is 1. The van der Waals surface area contributed by atoms with Crippen molar-refractivity contribution in [3.63, 3.8) is 0 Å². The molecular formula is C15H17FN2OS2. The highest BCUT2D eigenvalue weighted by Crippen LogP contribution is 2.27. The molecule has 0 spiro atoms. The Labute approximate surface area is 132 Å². The van der Waals surface area contributed by atoms with Crippen LogP contribution in [0.1, 0.15) is 23.5 Å². The molecule has 1 atom stereocenters. The van der Waals surface area contributed by atoms with E-state index in [1.165, 1.54) is 23.5 Å². The minimum Gasteiger partial charge on any atom is -0.393 e. The Balaban J connectivity index is 2.24. The number of rotatable bonds is 5. The van der Waals surface area contributed by atoms with Crippen molar-refractivity contribution in [2.45, 2.75) is 13.8 Å². The lowest BCUT2D eigenvalue weighted by atomic mass is 10.1. The summed E-state index contributed by atoms with van der Waals surface area (Å²) in [4.78, 5) is 15.3. The second kappa shape index (κ2) is 6.49. The van der Waals surface area contributed by atoms with Gasteiger partial charge in [-0.2, -0.15) is 0 Å². The van der Waals surface area contributed by atoms with Crippen LogP contribution < -0.4 is 5.73 Å². The van der Waals surface area contributed by atoms with Crippen molar-refractivity contribution in [1.29, 1.82) is 0 Å². The van der Waals surface area contributed by atoms with Gasteiger partial charge in [-0.3, -0.25) is 4.79 Å². The van der Waals surface area contributed by atoms with Crippen molar-refractivity contribution in [2.75, 3.05) is 13.1 Å². The number of amides is 1. The van der Waals surface area contributed by atoms with Crippen LogP contribution >= 0.6 is 23.6 Å². The summed E-state index contributed by atoms with van der Waals surface area (Å²) in [6.07, 6.45) is 0. The molecule has 0 aliphatic carbocycles. The predicted octanol–water partition coefficient (Wildman–Crippen LogP) is 3.42. The van der Waals surface area contributed by atoms with Gasteiger partial charge in [-0.05, 0) is 30.5 Å². The molecule has 2 aromatic rings. The molecule has 0 aliphatic heterocycles. The van der Waals surface area contributed by atoms with Gasteiger partial charge in [-0.15, -0.1) is 11.3 Å². The molecule has 112 valence electrons. The average molecular weight is 324 g/mol. The number of carbonyl (C=O) groups is 1. The number of hydrogen-bond acceptors (Lipinski definition) is 3. The summed E-state index contributed by atoms with van der Waals surface area (Å²) in [5.74, 6) is -0.393. The Hall–Kier alpha value is -1.53. The lowest BCUT2D eigenvalue weighted by Crippen LogP contribution is -2.37. The molecule has 3 nitrogen and oxygen atoms in total. The fraction of sp³-hybridized carbons (Fsp3) is 0.333. The number of carbonyl (C=O) groups excluding carboxylic acids is 1.